The second-order valence-corrected chi connectivity index (χ2v) is 6.13. The third-order valence-electron chi connectivity index (χ3n) is 4.40. The van der Waals surface area contributed by atoms with Crippen LogP contribution < -0.4 is 24.8 Å². The van der Waals surface area contributed by atoms with Crippen molar-refractivity contribution in [2.45, 2.75) is 26.7 Å². The van der Waals surface area contributed by atoms with Gasteiger partial charge >= 0.3 is 6.03 Å². The lowest BCUT2D eigenvalue weighted by Gasteiger charge is -2.15. The highest BCUT2D eigenvalue weighted by Gasteiger charge is 2.13. The first-order chi connectivity index (χ1) is 13.0. The summed E-state index contributed by atoms with van der Waals surface area (Å²) >= 11 is 0. The highest BCUT2D eigenvalue weighted by atomic mass is 16.5. The van der Waals surface area contributed by atoms with Gasteiger partial charge in [-0.05, 0) is 48.6 Å². The third kappa shape index (κ3) is 5.06. The third-order valence-corrected chi connectivity index (χ3v) is 4.40. The minimum absolute atomic E-state index is 0.216. The Morgan fingerprint density at radius 3 is 2.26 bits per heavy atom. The van der Waals surface area contributed by atoms with Crippen LogP contribution in [0.1, 0.15) is 23.6 Å². The molecule has 0 aliphatic rings. The Kier molecular flexibility index (Phi) is 7.34. The maximum atomic E-state index is 12.3. The van der Waals surface area contributed by atoms with Crippen molar-refractivity contribution in [2.24, 2.45) is 0 Å². The predicted octanol–water partition coefficient (Wildman–Crippen LogP) is 3.95. The molecule has 27 heavy (non-hydrogen) atoms. The Morgan fingerprint density at radius 1 is 1.04 bits per heavy atom. The number of nitrogens with one attached hydrogen (secondary N) is 2. The van der Waals surface area contributed by atoms with Gasteiger partial charge in [-0.25, -0.2) is 4.79 Å². The van der Waals surface area contributed by atoms with E-state index in [1.807, 2.05) is 37.3 Å². The molecule has 6 heteroatoms. The predicted molar refractivity (Wildman–Crippen MR) is 107 cm³/mol. The van der Waals surface area contributed by atoms with Gasteiger partial charge in [0.1, 0.15) is 0 Å². The molecule has 6 nitrogen and oxygen atoms in total. The van der Waals surface area contributed by atoms with Crippen LogP contribution in [0.25, 0.3) is 0 Å². The summed E-state index contributed by atoms with van der Waals surface area (Å²) in [4.78, 5) is 12.3. The number of hydrogen-bond donors (Lipinski definition) is 2. The Hall–Kier alpha value is -2.89. The number of carbonyl (C=O) groups is 1. The van der Waals surface area contributed by atoms with Gasteiger partial charge in [-0.15, -0.1) is 0 Å². The molecule has 0 aliphatic carbocycles. The Labute approximate surface area is 160 Å². The van der Waals surface area contributed by atoms with Gasteiger partial charge in [0, 0.05) is 12.2 Å². The Balaban J connectivity index is 1.99. The van der Waals surface area contributed by atoms with Gasteiger partial charge < -0.3 is 24.8 Å². The minimum Gasteiger partial charge on any atom is -0.493 e. The summed E-state index contributed by atoms with van der Waals surface area (Å²) in [5, 5.41) is 5.86. The van der Waals surface area contributed by atoms with Gasteiger partial charge in [-0.1, -0.05) is 25.1 Å². The van der Waals surface area contributed by atoms with Gasteiger partial charge in [-0.2, -0.15) is 0 Å². The lowest BCUT2D eigenvalue weighted by atomic mass is 10.1. The summed E-state index contributed by atoms with van der Waals surface area (Å²) < 4.78 is 16.0. The van der Waals surface area contributed by atoms with Crippen molar-refractivity contribution in [3.05, 3.63) is 47.0 Å². The van der Waals surface area contributed by atoms with E-state index in [0.717, 1.165) is 28.8 Å². The summed E-state index contributed by atoms with van der Waals surface area (Å²) in [5.41, 5.74) is 4.03. The fourth-order valence-corrected chi connectivity index (χ4v) is 2.96. The maximum absolute atomic E-state index is 12.3. The van der Waals surface area contributed by atoms with Gasteiger partial charge in [0.05, 0.1) is 21.3 Å². The van der Waals surface area contributed by atoms with Crippen molar-refractivity contribution in [3.63, 3.8) is 0 Å². The number of carbonyl (C=O) groups excluding carboxylic acids is 1. The molecule has 2 aromatic carbocycles. The first-order valence-electron chi connectivity index (χ1n) is 8.96. The van der Waals surface area contributed by atoms with E-state index in [1.165, 1.54) is 0 Å². The van der Waals surface area contributed by atoms with Crippen LogP contribution in [-0.2, 0) is 12.8 Å². The summed E-state index contributed by atoms with van der Waals surface area (Å²) in [6.07, 6.45) is 1.50. The van der Waals surface area contributed by atoms with Crippen molar-refractivity contribution in [3.8, 4) is 17.2 Å². The molecule has 0 saturated carbocycles. The molecule has 2 aromatic rings. The van der Waals surface area contributed by atoms with E-state index >= 15 is 0 Å². The van der Waals surface area contributed by atoms with Crippen LogP contribution in [0.5, 0.6) is 17.2 Å². The zero-order valence-corrected chi connectivity index (χ0v) is 16.6. The molecule has 0 unspecified atom stereocenters. The number of anilines is 1. The van der Waals surface area contributed by atoms with E-state index in [1.54, 1.807) is 21.3 Å². The molecule has 0 bridgehead atoms. The molecule has 0 atom stereocenters. The molecule has 2 N–H and O–H groups in total. The fraction of sp³-hybridized carbons (Fsp3) is 0.381. The first kappa shape index (κ1) is 20.4. The number of aryl methyl sites for hydroxylation is 2. The number of urea groups is 1. The van der Waals surface area contributed by atoms with E-state index < -0.39 is 0 Å². The average Bonchev–Trinajstić information content (AvgIpc) is 2.68. The average molecular weight is 372 g/mol. The highest BCUT2D eigenvalue weighted by Crippen LogP contribution is 2.38. The molecule has 0 spiro atoms. The van der Waals surface area contributed by atoms with Gasteiger partial charge in [-0.3, -0.25) is 0 Å². The molecular formula is C21H28N2O4. The van der Waals surface area contributed by atoms with E-state index in [4.69, 9.17) is 14.2 Å². The SMILES string of the molecule is CCc1cccc(C)c1NC(=O)NCCc1cc(OC)c(OC)c(OC)c1. The van der Waals surface area contributed by atoms with Gasteiger partial charge in [0.2, 0.25) is 5.75 Å². The molecule has 2 amide bonds. The zero-order valence-electron chi connectivity index (χ0n) is 16.6. The fourth-order valence-electron chi connectivity index (χ4n) is 2.96. The number of benzene rings is 2. The van der Waals surface area contributed by atoms with Crippen LogP contribution in [0, 0.1) is 6.92 Å². The number of methoxy groups -OCH3 is 3. The van der Waals surface area contributed by atoms with Crippen molar-refractivity contribution in [1.29, 1.82) is 0 Å². The lowest BCUT2D eigenvalue weighted by Crippen LogP contribution is -2.31. The standard InChI is InChI=1S/C21H28N2O4/c1-6-16-9-7-8-14(2)19(16)23-21(24)22-11-10-15-12-17(25-3)20(27-5)18(13-15)26-4/h7-9,12-13H,6,10-11H2,1-5H3,(H2,22,23,24). The van der Waals surface area contributed by atoms with Crippen molar-refractivity contribution in [2.75, 3.05) is 33.2 Å². The zero-order chi connectivity index (χ0) is 19.8. The van der Waals surface area contributed by atoms with Crippen LogP contribution in [0.15, 0.2) is 30.3 Å². The Morgan fingerprint density at radius 2 is 1.70 bits per heavy atom. The highest BCUT2D eigenvalue weighted by molar-refractivity contribution is 5.91. The molecule has 0 saturated heterocycles. The molecular weight excluding hydrogens is 344 g/mol. The molecule has 146 valence electrons. The lowest BCUT2D eigenvalue weighted by molar-refractivity contribution is 0.252. The summed E-state index contributed by atoms with van der Waals surface area (Å²) in [5.74, 6) is 1.76. The van der Waals surface area contributed by atoms with E-state index in [-0.39, 0.29) is 6.03 Å². The summed E-state index contributed by atoms with van der Waals surface area (Å²) in [6, 6.07) is 9.58. The molecule has 0 aliphatic heterocycles. The number of hydrogen-bond acceptors (Lipinski definition) is 4. The van der Waals surface area contributed by atoms with E-state index in [2.05, 4.69) is 17.6 Å². The number of ether oxygens (including phenoxy) is 3. The largest absolute Gasteiger partial charge is 0.493 e. The van der Waals surface area contributed by atoms with Crippen LogP contribution in [0.2, 0.25) is 0 Å². The maximum Gasteiger partial charge on any atom is 0.319 e. The second-order valence-electron chi connectivity index (χ2n) is 6.13. The Bertz CT molecular complexity index is 765. The van der Waals surface area contributed by atoms with Gasteiger partial charge in [0.25, 0.3) is 0 Å². The van der Waals surface area contributed by atoms with Crippen LogP contribution >= 0.6 is 0 Å². The number of amides is 2. The first-order valence-corrected chi connectivity index (χ1v) is 8.96. The summed E-state index contributed by atoms with van der Waals surface area (Å²) in [7, 11) is 4.74. The molecule has 0 heterocycles. The smallest absolute Gasteiger partial charge is 0.319 e. The minimum atomic E-state index is -0.216. The molecule has 0 radical (unpaired) electrons. The summed E-state index contributed by atoms with van der Waals surface area (Å²) in [6.45, 7) is 4.55. The normalized spacial score (nSPS) is 10.3. The number of para-hydroxylation sites is 1. The van der Waals surface area contributed by atoms with Crippen molar-refractivity contribution >= 4 is 11.7 Å². The van der Waals surface area contributed by atoms with Crippen molar-refractivity contribution < 1.29 is 19.0 Å². The molecule has 0 aromatic heterocycles. The monoisotopic (exact) mass is 372 g/mol. The van der Waals surface area contributed by atoms with E-state index in [9.17, 15) is 4.79 Å². The van der Waals surface area contributed by atoms with E-state index in [0.29, 0.717) is 30.2 Å². The number of rotatable bonds is 8. The molecule has 0 fully saturated rings. The quantitative estimate of drug-likeness (QED) is 0.736. The van der Waals surface area contributed by atoms with Crippen LogP contribution in [0.3, 0.4) is 0 Å². The van der Waals surface area contributed by atoms with Gasteiger partial charge in [0.15, 0.2) is 11.5 Å². The molecule has 2 rings (SSSR count). The van der Waals surface area contributed by atoms with Crippen LogP contribution in [0.4, 0.5) is 10.5 Å². The van der Waals surface area contributed by atoms with Crippen LogP contribution in [-0.4, -0.2) is 33.9 Å². The topological polar surface area (TPSA) is 68.8 Å². The second kappa shape index (κ2) is 9.71. The van der Waals surface area contributed by atoms with Crippen molar-refractivity contribution in [1.82, 2.24) is 5.32 Å².